The van der Waals surface area contributed by atoms with Crippen LogP contribution in [0.1, 0.15) is 35.4 Å². The van der Waals surface area contributed by atoms with Crippen molar-refractivity contribution in [2.75, 3.05) is 13.2 Å². The maximum Gasteiger partial charge on any atom is 0.234 e. The molecular formula is C31H30N2O5S. The molecule has 2 aromatic heterocycles. The third kappa shape index (κ3) is 4.95. The van der Waals surface area contributed by atoms with Crippen molar-refractivity contribution in [3.8, 4) is 5.75 Å². The number of phenols is 1. The highest BCUT2D eigenvalue weighted by molar-refractivity contribution is 7.09. The number of nitrogens with zero attached hydrogens (tertiary/aromatic N) is 2. The molecule has 200 valence electrons. The van der Waals surface area contributed by atoms with Gasteiger partial charge in [0.2, 0.25) is 11.8 Å². The summed E-state index contributed by atoms with van der Waals surface area (Å²) in [7, 11) is 0. The fourth-order valence-electron chi connectivity index (χ4n) is 6.33. The lowest BCUT2D eigenvalue weighted by Crippen LogP contribution is -2.34. The zero-order chi connectivity index (χ0) is 26.9. The molecule has 7 nitrogen and oxygen atoms in total. The van der Waals surface area contributed by atoms with Crippen molar-refractivity contribution >= 4 is 34.8 Å². The van der Waals surface area contributed by atoms with Gasteiger partial charge in [0.1, 0.15) is 5.75 Å². The van der Waals surface area contributed by atoms with Crippen molar-refractivity contribution in [1.82, 2.24) is 9.88 Å². The van der Waals surface area contributed by atoms with Gasteiger partial charge in [-0.2, -0.15) is 0 Å². The Hall–Kier alpha value is -3.59. The van der Waals surface area contributed by atoms with Gasteiger partial charge >= 0.3 is 0 Å². The van der Waals surface area contributed by atoms with Crippen molar-refractivity contribution in [3.05, 3.63) is 93.5 Å². The van der Waals surface area contributed by atoms with Gasteiger partial charge in [0.15, 0.2) is 0 Å². The topological polar surface area (TPSA) is 100.0 Å². The van der Waals surface area contributed by atoms with Gasteiger partial charge in [-0.15, -0.1) is 11.3 Å². The van der Waals surface area contributed by atoms with Crippen LogP contribution >= 0.6 is 11.3 Å². The number of ether oxygens (including phenoxy) is 1. The van der Waals surface area contributed by atoms with Gasteiger partial charge in [-0.05, 0) is 83.3 Å². The highest BCUT2D eigenvalue weighted by Crippen LogP contribution is 2.50. The van der Waals surface area contributed by atoms with Crippen molar-refractivity contribution < 1.29 is 24.5 Å². The van der Waals surface area contributed by atoms with Crippen molar-refractivity contribution in [3.63, 3.8) is 0 Å². The van der Waals surface area contributed by atoms with Crippen molar-refractivity contribution in [2.24, 2.45) is 17.8 Å². The lowest BCUT2D eigenvalue weighted by atomic mass is 9.69. The Labute approximate surface area is 231 Å². The van der Waals surface area contributed by atoms with Crippen LogP contribution in [0.5, 0.6) is 5.75 Å². The molecule has 4 atom stereocenters. The highest BCUT2D eigenvalue weighted by atomic mass is 32.1. The van der Waals surface area contributed by atoms with Crippen molar-refractivity contribution in [2.45, 2.75) is 31.9 Å². The first-order valence-corrected chi connectivity index (χ1v) is 14.1. The number of allylic oxidation sites excluding steroid dienone is 1. The SMILES string of the molecule is O=C1[C@@H]2[C@@H](CC(CO)=C3[C@@H](CC/C(=C/c4cccc(O)c4)c4ccccn4)OC[C@@H]32)C(=O)N1Cc1cccs1. The van der Waals surface area contributed by atoms with E-state index in [4.69, 9.17) is 4.74 Å². The molecular weight excluding hydrogens is 512 g/mol. The molecule has 2 fully saturated rings. The second kappa shape index (κ2) is 10.9. The normalized spacial score (nSPS) is 24.8. The van der Waals surface area contributed by atoms with Crippen molar-refractivity contribution in [1.29, 1.82) is 0 Å². The number of aliphatic hydroxyl groups is 1. The van der Waals surface area contributed by atoms with Crippen LogP contribution < -0.4 is 0 Å². The van der Waals surface area contributed by atoms with Crippen LogP contribution in [0, 0.1) is 17.8 Å². The summed E-state index contributed by atoms with van der Waals surface area (Å²) in [6.45, 7) is 0.523. The summed E-state index contributed by atoms with van der Waals surface area (Å²) < 4.78 is 6.28. The Morgan fingerprint density at radius 2 is 2.00 bits per heavy atom. The van der Waals surface area contributed by atoms with Gasteiger partial charge in [-0.1, -0.05) is 24.3 Å². The van der Waals surface area contributed by atoms with E-state index in [1.807, 2.05) is 47.9 Å². The van der Waals surface area contributed by atoms with E-state index in [0.717, 1.165) is 32.9 Å². The zero-order valence-corrected chi connectivity index (χ0v) is 22.2. The van der Waals surface area contributed by atoms with Crippen LogP contribution in [0.3, 0.4) is 0 Å². The number of phenolic OH excluding ortho intramolecular Hbond substituents is 1. The molecule has 2 saturated heterocycles. The molecule has 4 heterocycles. The van der Waals surface area contributed by atoms with Crippen LogP contribution in [-0.4, -0.2) is 51.2 Å². The summed E-state index contributed by atoms with van der Waals surface area (Å²) in [5, 5.41) is 22.2. The Morgan fingerprint density at radius 1 is 1.10 bits per heavy atom. The van der Waals surface area contributed by atoms with E-state index in [2.05, 4.69) is 4.98 Å². The number of benzene rings is 1. The Balaban J connectivity index is 1.24. The van der Waals surface area contributed by atoms with Crippen LogP contribution in [0.15, 0.2) is 77.3 Å². The molecule has 39 heavy (non-hydrogen) atoms. The first kappa shape index (κ1) is 25.7. The average molecular weight is 543 g/mol. The first-order valence-electron chi connectivity index (χ1n) is 13.3. The number of pyridine rings is 1. The summed E-state index contributed by atoms with van der Waals surface area (Å²) in [6.07, 6.45) is 5.22. The van der Waals surface area contributed by atoms with Gasteiger partial charge < -0.3 is 14.9 Å². The number of aromatic nitrogens is 1. The quantitative estimate of drug-likeness (QED) is 0.317. The standard InChI is InChI=1S/C31H30N2O5S/c34-17-21-15-24-29(31(37)33(30(24)36)16-23-7-4-12-39-23)25-18-38-27(28(21)25)10-9-20(26-8-1-2-11-32-26)13-19-5-3-6-22(35)14-19/h1-8,11-14,24-25,27,29,34-35H,9-10,15-18H2/b20-13-/t24-,25+,27-,29-/m1/s1. The number of imide groups is 1. The van der Waals surface area contributed by atoms with E-state index >= 15 is 0 Å². The fourth-order valence-corrected chi connectivity index (χ4v) is 7.02. The van der Waals surface area contributed by atoms with Gasteiger partial charge in [0, 0.05) is 17.0 Å². The highest BCUT2D eigenvalue weighted by Gasteiger charge is 2.56. The molecule has 1 aliphatic carbocycles. The number of likely N-dealkylation sites (tertiary alicyclic amines) is 1. The number of fused-ring (bicyclic) bond motifs is 3. The minimum atomic E-state index is -0.439. The minimum Gasteiger partial charge on any atom is -0.508 e. The lowest BCUT2D eigenvalue weighted by molar-refractivity contribution is -0.140. The average Bonchev–Trinajstić information content (AvgIpc) is 3.67. The fraction of sp³-hybridized carbons (Fsp3) is 0.323. The van der Waals surface area contributed by atoms with Crippen LogP contribution in [0.2, 0.25) is 0 Å². The summed E-state index contributed by atoms with van der Waals surface area (Å²) in [5.74, 6) is -1.15. The number of carbonyl (C=O) groups is 2. The van der Waals surface area contributed by atoms with E-state index < -0.39 is 11.8 Å². The van der Waals surface area contributed by atoms with Gasteiger partial charge in [0.25, 0.3) is 0 Å². The van der Waals surface area contributed by atoms with E-state index in [1.165, 1.54) is 16.2 Å². The minimum absolute atomic E-state index is 0.125. The maximum atomic E-state index is 13.5. The summed E-state index contributed by atoms with van der Waals surface area (Å²) in [6, 6.07) is 16.7. The molecule has 2 amide bonds. The zero-order valence-electron chi connectivity index (χ0n) is 21.4. The molecule has 0 radical (unpaired) electrons. The number of hydrogen-bond acceptors (Lipinski definition) is 7. The molecule has 8 heteroatoms. The van der Waals surface area contributed by atoms with Gasteiger partial charge in [-0.3, -0.25) is 19.5 Å². The van der Waals surface area contributed by atoms with E-state index in [1.54, 1.807) is 24.4 Å². The number of amides is 2. The number of hydrogen-bond donors (Lipinski definition) is 2. The van der Waals surface area contributed by atoms with Crippen LogP contribution in [0.25, 0.3) is 11.6 Å². The molecule has 2 N–H and O–H groups in total. The Bertz CT molecular complexity index is 1430. The van der Waals surface area contributed by atoms with E-state index in [-0.39, 0.29) is 36.2 Å². The predicted molar refractivity (Wildman–Crippen MR) is 148 cm³/mol. The molecule has 3 aromatic rings. The van der Waals surface area contributed by atoms with Crippen LogP contribution in [0.4, 0.5) is 0 Å². The van der Waals surface area contributed by atoms with E-state index in [0.29, 0.717) is 32.4 Å². The monoisotopic (exact) mass is 542 g/mol. The van der Waals surface area contributed by atoms with E-state index in [9.17, 15) is 19.8 Å². The molecule has 0 saturated carbocycles. The smallest absolute Gasteiger partial charge is 0.234 e. The second-order valence-electron chi connectivity index (χ2n) is 10.3. The van der Waals surface area contributed by atoms with Crippen LogP contribution in [-0.2, 0) is 20.9 Å². The molecule has 0 unspecified atom stereocenters. The lowest BCUT2D eigenvalue weighted by Gasteiger charge is -2.31. The predicted octanol–water partition coefficient (Wildman–Crippen LogP) is 4.68. The summed E-state index contributed by atoms with van der Waals surface area (Å²) >= 11 is 1.54. The number of rotatable bonds is 8. The molecule has 0 bridgehead atoms. The first-order chi connectivity index (χ1) is 19.0. The molecule has 6 rings (SSSR count). The maximum absolute atomic E-state index is 13.5. The van der Waals surface area contributed by atoms with Gasteiger partial charge in [0.05, 0.1) is 43.4 Å². The summed E-state index contributed by atoms with van der Waals surface area (Å²) in [4.78, 5) is 33.8. The third-order valence-corrected chi connectivity index (χ3v) is 8.93. The summed E-state index contributed by atoms with van der Waals surface area (Å²) in [5.41, 5.74) is 4.55. The number of carbonyl (C=O) groups excluding carboxylic acids is 2. The second-order valence-corrected chi connectivity index (χ2v) is 11.4. The molecule has 0 spiro atoms. The molecule has 2 aliphatic heterocycles. The molecule has 3 aliphatic rings. The Kier molecular flexibility index (Phi) is 7.16. The number of aromatic hydroxyl groups is 1. The largest absolute Gasteiger partial charge is 0.508 e. The molecule has 1 aromatic carbocycles. The number of aliphatic hydroxyl groups excluding tert-OH is 1. The van der Waals surface area contributed by atoms with Gasteiger partial charge in [-0.25, -0.2) is 0 Å². The Morgan fingerprint density at radius 3 is 2.74 bits per heavy atom. The number of thiophene rings is 1. The third-order valence-electron chi connectivity index (χ3n) is 8.07.